The minimum atomic E-state index is -0.0337. The number of tetrazole rings is 1. The zero-order valence-corrected chi connectivity index (χ0v) is 11.3. The Bertz CT molecular complexity index is 543. The Hall–Kier alpha value is -1.91. The highest BCUT2D eigenvalue weighted by Gasteiger charge is 2.24. The van der Waals surface area contributed by atoms with E-state index in [0.717, 1.165) is 37.4 Å². The molecule has 2 aliphatic rings. The summed E-state index contributed by atoms with van der Waals surface area (Å²) >= 11 is 0. The van der Waals surface area contributed by atoms with E-state index in [4.69, 9.17) is 4.74 Å². The maximum absolute atomic E-state index is 5.70. The first-order valence-electron chi connectivity index (χ1n) is 6.67. The van der Waals surface area contributed by atoms with Gasteiger partial charge in [-0.15, -0.1) is 10.2 Å². The van der Waals surface area contributed by atoms with Crippen LogP contribution in [0.3, 0.4) is 0 Å². The fraction of sp³-hybridized carbons (Fsp3) is 0.500. The average molecular weight is 258 g/mol. The van der Waals surface area contributed by atoms with Gasteiger partial charge in [0, 0.05) is 5.41 Å². The minimum Gasteiger partial charge on any atom is -0.494 e. The van der Waals surface area contributed by atoms with Gasteiger partial charge in [0.25, 0.3) is 0 Å². The number of ether oxygens (including phenoxy) is 1. The van der Waals surface area contributed by atoms with Crippen molar-refractivity contribution in [1.29, 1.82) is 0 Å². The Morgan fingerprint density at radius 3 is 2.63 bits per heavy atom. The van der Waals surface area contributed by atoms with Crippen LogP contribution < -0.4 is 4.74 Å². The van der Waals surface area contributed by atoms with Crippen LogP contribution in [0.1, 0.15) is 38.9 Å². The molecule has 3 rings (SSSR count). The summed E-state index contributed by atoms with van der Waals surface area (Å²) in [5.74, 6) is 1.79. The third-order valence-electron chi connectivity index (χ3n) is 3.57. The number of aromatic nitrogens is 4. The zero-order chi connectivity index (χ0) is 13.3. The van der Waals surface area contributed by atoms with E-state index in [1.807, 2.05) is 0 Å². The molecule has 0 fully saturated rings. The maximum atomic E-state index is 5.70. The smallest absolute Gasteiger partial charge is 0.180 e. The Morgan fingerprint density at radius 1 is 1.16 bits per heavy atom. The molecule has 0 atom stereocenters. The summed E-state index contributed by atoms with van der Waals surface area (Å²) in [6.07, 6.45) is 3.16. The third-order valence-corrected chi connectivity index (χ3v) is 3.57. The summed E-state index contributed by atoms with van der Waals surface area (Å²) in [6, 6.07) is 6.34. The summed E-state index contributed by atoms with van der Waals surface area (Å²) in [5.41, 5.74) is 2.62. The molecule has 5 heteroatoms. The molecule has 1 aromatic heterocycles. The molecule has 1 heterocycles. The molecule has 2 aliphatic carbocycles. The van der Waals surface area contributed by atoms with Crippen LogP contribution in [0.25, 0.3) is 11.1 Å². The average Bonchev–Trinajstić information content (AvgIpc) is 2.86. The molecule has 19 heavy (non-hydrogen) atoms. The van der Waals surface area contributed by atoms with Crippen LogP contribution in [0.15, 0.2) is 18.2 Å². The second-order valence-electron chi connectivity index (χ2n) is 5.67. The van der Waals surface area contributed by atoms with Gasteiger partial charge in [-0.3, -0.25) is 0 Å². The monoisotopic (exact) mass is 258 g/mol. The number of fused-ring (bicyclic) bond motifs is 1. The van der Waals surface area contributed by atoms with E-state index in [2.05, 4.69) is 52.7 Å². The molecule has 0 aliphatic heterocycles. The Kier molecular flexibility index (Phi) is 2.97. The van der Waals surface area contributed by atoms with Gasteiger partial charge in [-0.1, -0.05) is 19.1 Å². The van der Waals surface area contributed by atoms with Gasteiger partial charge in [0.05, 0.1) is 6.61 Å². The molecule has 0 spiro atoms. The minimum absolute atomic E-state index is 0.0337. The molecule has 0 saturated carbocycles. The number of unbranched alkanes of at least 4 members (excludes halogenated alkanes) is 1. The first-order chi connectivity index (χ1) is 9.15. The number of nitrogens with one attached hydrogen (secondary N) is 1. The fourth-order valence-electron chi connectivity index (χ4n) is 2.23. The second kappa shape index (κ2) is 4.64. The fourth-order valence-corrected chi connectivity index (χ4v) is 2.23. The van der Waals surface area contributed by atoms with Gasteiger partial charge in [0.15, 0.2) is 5.82 Å². The molecular weight excluding hydrogens is 240 g/mol. The molecule has 0 aromatic carbocycles. The Labute approximate surface area is 112 Å². The van der Waals surface area contributed by atoms with E-state index in [9.17, 15) is 0 Å². The van der Waals surface area contributed by atoms with Gasteiger partial charge in [0.1, 0.15) is 5.75 Å². The lowest BCUT2D eigenvalue weighted by Gasteiger charge is -2.19. The molecule has 1 aromatic rings. The van der Waals surface area contributed by atoms with Crippen molar-refractivity contribution in [3.8, 4) is 16.9 Å². The van der Waals surface area contributed by atoms with Gasteiger partial charge in [-0.2, -0.15) is 5.21 Å². The van der Waals surface area contributed by atoms with Crippen LogP contribution in [-0.2, 0) is 5.41 Å². The Morgan fingerprint density at radius 2 is 1.95 bits per heavy atom. The molecule has 100 valence electrons. The van der Waals surface area contributed by atoms with Crippen LogP contribution >= 0.6 is 0 Å². The highest BCUT2D eigenvalue weighted by molar-refractivity contribution is 5.83. The molecule has 1 N–H and O–H groups in total. The van der Waals surface area contributed by atoms with E-state index < -0.39 is 0 Å². The molecule has 0 saturated heterocycles. The van der Waals surface area contributed by atoms with Crippen LogP contribution in [-0.4, -0.2) is 27.2 Å². The van der Waals surface area contributed by atoms with Crippen molar-refractivity contribution in [1.82, 2.24) is 20.6 Å². The standard InChI is InChI=1S/C14H18N4O/c1-14(2,13-15-17-18-16-13)5-3-4-6-19-12-8-10-7-11(10)9-12/h7-9H,3-6H2,1-2H3,(H,15,16,17,18). The van der Waals surface area contributed by atoms with Crippen molar-refractivity contribution in [2.75, 3.05) is 6.61 Å². The van der Waals surface area contributed by atoms with Crippen molar-refractivity contribution in [3.05, 3.63) is 24.0 Å². The molecule has 0 amide bonds. The van der Waals surface area contributed by atoms with Crippen molar-refractivity contribution < 1.29 is 4.74 Å². The highest BCUT2D eigenvalue weighted by Crippen LogP contribution is 2.39. The topological polar surface area (TPSA) is 63.7 Å². The maximum Gasteiger partial charge on any atom is 0.180 e. The van der Waals surface area contributed by atoms with Crippen LogP contribution in [0.5, 0.6) is 5.75 Å². The van der Waals surface area contributed by atoms with Gasteiger partial charge in [-0.25, -0.2) is 0 Å². The molecule has 0 radical (unpaired) electrons. The lowest BCUT2D eigenvalue weighted by molar-refractivity contribution is 0.297. The SMILES string of the molecule is CC(C)(CCCCOc1cc2cc-2c1)c1nn[nH]n1. The number of hydrogen-bond donors (Lipinski definition) is 1. The van der Waals surface area contributed by atoms with Crippen molar-refractivity contribution >= 4 is 0 Å². The van der Waals surface area contributed by atoms with Gasteiger partial charge in [0.2, 0.25) is 0 Å². The van der Waals surface area contributed by atoms with Crippen molar-refractivity contribution in [2.45, 2.75) is 38.5 Å². The summed E-state index contributed by atoms with van der Waals surface area (Å²) < 4.78 is 5.70. The molecular formula is C14H18N4O. The number of hydrogen-bond acceptors (Lipinski definition) is 4. The number of rotatable bonds is 7. The van der Waals surface area contributed by atoms with Gasteiger partial charge in [-0.05, 0) is 48.6 Å². The predicted octanol–water partition coefficient (Wildman–Crippen LogP) is 2.71. The summed E-state index contributed by atoms with van der Waals surface area (Å²) in [5, 5.41) is 14.2. The van der Waals surface area contributed by atoms with E-state index in [-0.39, 0.29) is 5.41 Å². The summed E-state index contributed by atoms with van der Waals surface area (Å²) in [4.78, 5) is 0. The molecule has 0 unspecified atom stereocenters. The quantitative estimate of drug-likeness (QED) is 0.662. The second-order valence-corrected chi connectivity index (χ2v) is 5.67. The van der Waals surface area contributed by atoms with Crippen LogP contribution in [0.2, 0.25) is 0 Å². The van der Waals surface area contributed by atoms with Crippen LogP contribution in [0, 0.1) is 0 Å². The van der Waals surface area contributed by atoms with Gasteiger partial charge >= 0.3 is 0 Å². The number of H-pyrrole nitrogens is 1. The number of benzene rings is 1. The highest BCUT2D eigenvalue weighted by atomic mass is 16.5. The zero-order valence-electron chi connectivity index (χ0n) is 11.3. The molecule has 0 bridgehead atoms. The van der Waals surface area contributed by atoms with Crippen LogP contribution in [0.4, 0.5) is 0 Å². The largest absolute Gasteiger partial charge is 0.494 e. The number of nitrogens with zero attached hydrogens (tertiary/aromatic N) is 3. The lowest BCUT2D eigenvalue weighted by atomic mass is 9.86. The summed E-state index contributed by atoms with van der Waals surface area (Å²) in [6.45, 7) is 5.05. The van der Waals surface area contributed by atoms with E-state index in [0.29, 0.717) is 0 Å². The molecule has 5 nitrogen and oxygen atoms in total. The number of aromatic amines is 1. The van der Waals surface area contributed by atoms with E-state index in [1.165, 1.54) is 11.1 Å². The van der Waals surface area contributed by atoms with E-state index in [1.54, 1.807) is 0 Å². The first-order valence-corrected chi connectivity index (χ1v) is 6.67. The summed E-state index contributed by atoms with van der Waals surface area (Å²) in [7, 11) is 0. The van der Waals surface area contributed by atoms with Gasteiger partial charge < -0.3 is 4.74 Å². The lowest BCUT2D eigenvalue weighted by Crippen LogP contribution is -2.19. The Balaban J connectivity index is 1.37. The van der Waals surface area contributed by atoms with Crippen molar-refractivity contribution in [3.63, 3.8) is 0 Å². The van der Waals surface area contributed by atoms with Crippen molar-refractivity contribution in [2.24, 2.45) is 0 Å². The normalized spacial score (nSPS) is 12.5. The third kappa shape index (κ3) is 2.75. The van der Waals surface area contributed by atoms with E-state index >= 15 is 0 Å². The predicted molar refractivity (Wildman–Crippen MR) is 72.0 cm³/mol. The first kappa shape index (κ1) is 12.1.